The molecule has 0 fully saturated rings. The van der Waals surface area contributed by atoms with Crippen LogP contribution in [0.2, 0.25) is 0 Å². The van der Waals surface area contributed by atoms with E-state index in [1.54, 1.807) is 0 Å². The number of hydrogen-bond donors (Lipinski definition) is 0. The second kappa shape index (κ2) is 3.28. The predicted octanol–water partition coefficient (Wildman–Crippen LogP) is 2.60. The Bertz CT molecular complexity index is 335. The Morgan fingerprint density at radius 3 is 2.64 bits per heavy atom. The second-order valence-corrected chi connectivity index (χ2v) is 3.97. The molecule has 76 valence electrons. The zero-order chi connectivity index (χ0) is 10.2. The van der Waals surface area contributed by atoms with Gasteiger partial charge < -0.3 is 9.38 Å². The molecule has 1 unspecified atom stereocenters. The van der Waals surface area contributed by atoms with Crippen molar-refractivity contribution in [2.75, 3.05) is 25.0 Å². The largest absolute Gasteiger partial charge is 0.465 e. The van der Waals surface area contributed by atoms with Crippen molar-refractivity contribution in [2.45, 2.75) is 13.8 Å². The molecule has 0 aliphatic carbocycles. The van der Waals surface area contributed by atoms with Crippen molar-refractivity contribution < 1.29 is 0 Å². The molecule has 2 heteroatoms. The highest BCUT2D eigenvalue weighted by atomic mass is 15.5. The Morgan fingerprint density at radius 1 is 1.29 bits per heavy atom. The van der Waals surface area contributed by atoms with Crippen molar-refractivity contribution >= 4 is 11.4 Å². The van der Waals surface area contributed by atoms with Crippen LogP contribution in [-0.2, 0) is 0 Å². The Hall–Kier alpha value is -1.02. The van der Waals surface area contributed by atoms with Gasteiger partial charge in [-0.3, -0.25) is 0 Å². The van der Waals surface area contributed by atoms with E-state index in [-0.39, 0.29) is 0 Å². The van der Waals surface area contributed by atoms with Crippen LogP contribution in [0, 0.1) is 6.67 Å². The van der Waals surface area contributed by atoms with Crippen LogP contribution in [0.1, 0.15) is 13.8 Å². The summed E-state index contributed by atoms with van der Waals surface area (Å²) in [6, 6.07) is 8.66. The van der Waals surface area contributed by atoms with E-state index in [4.69, 9.17) is 0 Å². The van der Waals surface area contributed by atoms with Crippen LogP contribution >= 0.6 is 0 Å². The molecular weight excluding hydrogens is 172 g/mol. The first-order valence-electron chi connectivity index (χ1n) is 5.28. The van der Waals surface area contributed by atoms with Gasteiger partial charge in [-0.05, 0) is 39.2 Å². The van der Waals surface area contributed by atoms with Gasteiger partial charge in [0.05, 0.1) is 12.2 Å². The van der Waals surface area contributed by atoms with Gasteiger partial charge >= 0.3 is 0 Å². The van der Waals surface area contributed by atoms with E-state index in [0.29, 0.717) is 0 Å². The van der Waals surface area contributed by atoms with E-state index >= 15 is 0 Å². The van der Waals surface area contributed by atoms with Gasteiger partial charge in [-0.2, -0.15) is 0 Å². The molecule has 1 aromatic rings. The predicted molar refractivity (Wildman–Crippen MR) is 62.0 cm³/mol. The summed E-state index contributed by atoms with van der Waals surface area (Å²) in [5, 5.41) is 0. The third kappa shape index (κ3) is 1.22. The molecule has 14 heavy (non-hydrogen) atoms. The van der Waals surface area contributed by atoms with Gasteiger partial charge in [0.1, 0.15) is 5.69 Å². The van der Waals surface area contributed by atoms with Crippen LogP contribution in [0.4, 0.5) is 11.4 Å². The molecular formula is C12H18N2. The summed E-state index contributed by atoms with van der Waals surface area (Å²) in [4.78, 5) is 2.33. The molecule has 0 saturated carbocycles. The van der Waals surface area contributed by atoms with Crippen LogP contribution in [0.25, 0.3) is 0 Å². The maximum atomic E-state index is 2.33. The SMILES string of the molecule is CCN1[CH-][N+](C)(CC)c2ccccc21. The molecule has 2 nitrogen and oxygen atoms in total. The molecule has 0 spiro atoms. The highest BCUT2D eigenvalue weighted by Crippen LogP contribution is 2.41. The molecule has 1 heterocycles. The quantitative estimate of drug-likeness (QED) is 0.512. The number of para-hydroxylation sites is 2. The van der Waals surface area contributed by atoms with E-state index in [0.717, 1.165) is 17.6 Å². The van der Waals surface area contributed by atoms with Crippen molar-refractivity contribution in [1.29, 1.82) is 0 Å². The lowest BCUT2D eigenvalue weighted by Gasteiger charge is -2.38. The molecule has 0 N–H and O–H groups in total. The zero-order valence-electron chi connectivity index (χ0n) is 9.20. The number of benzene rings is 1. The van der Waals surface area contributed by atoms with E-state index in [9.17, 15) is 0 Å². The van der Waals surface area contributed by atoms with Crippen LogP contribution < -0.4 is 9.38 Å². The van der Waals surface area contributed by atoms with Crippen LogP contribution in [0.3, 0.4) is 0 Å². The third-order valence-electron chi connectivity index (χ3n) is 3.13. The van der Waals surface area contributed by atoms with E-state index < -0.39 is 0 Å². The number of quaternary nitrogens is 1. The minimum atomic E-state index is 0.921. The molecule has 0 amide bonds. The average molecular weight is 190 g/mol. The number of nitrogens with zero attached hydrogens (tertiary/aromatic N) is 2. The number of anilines is 1. The topological polar surface area (TPSA) is 3.24 Å². The van der Waals surface area contributed by atoms with Gasteiger partial charge in [-0.15, -0.1) is 0 Å². The van der Waals surface area contributed by atoms with Crippen LogP contribution in [-0.4, -0.2) is 20.1 Å². The van der Waals surface area contributed by atoms with Crippen LogP contribution in [0.15, 0.2) is 24.3 Å². The molecule has 0 bridgehead atoms. The second-order valence-electron chi connectivity index (χ2n) is 3.97. The van der Waals surface area contributed by atoms with Crippen molar-refractivity contribution in [3.8, 4) is 0 Å². The Kier molecular flexibility index (Phi) is 2.23. The van der Waals surface area contributed by atoms with Gasteiger partial charge in [0, 0.05) is 7.05 Å². The minimum Gasteiger partial charge on any atom is -0.465 e. The van der Waals surface area contributed by atoms with Gasteiger partial charge in [-0.25, -0.2) is 0 Å². The van der Waals surface area contributed by atoms with Crippen molar-refractivity contribution in [1.82, 2.24) is 4.48 Å². The molecule has 1 atom stereocenters. The van der Waals surface area contributed by atoms with Gasteiger partial charge in [0.15, 0.2) is 0 Å². The number of hydrogen-bond acceptors (Lipinski definition) is 1. The number of fused-ring (bicyclic) bond motifs is 1. The zero-order valence-corrected chi connectivity index (χ0v) is 9.20. The standard InChI is InChI=1S/C12H18N2/c1-4-13-10-14(3,5-2)12-9-7-6-8-11(12)13/h6-10H,4-5H2,1-3H3. The summed E-state index contributed by atoms with van der Waals surface area (Å²) in [6.45, 7) is 8.88. The summed E-state index contributed by atoms with van der Waals surface area (Å²) < 4.78 is 0.921. The Labute approximate surface area is 86.3 Å². The normalized spacial score (nSPS) is 25.2. The molecule has 0 radical (unpaired) electrons. The first kappa shape index (κ1) is 9.53. The van der Waals surface area contributed by atoms with Crippen molar-refractivity contribution in [2.24, 2.45) is 0 Å². The highest BCUT2D eigenvalue weighted by molar-refractivity contribution is 5.75. The molecule has 1 aliphatic rings. The summed E-state index contributed by atoms with van der Waals surface area (Å²) in [7, 11) is 2.26. The lowest BCUT2D eigenvalue weighted by atomic mass is 10.2. The van der Waals surface area contributed by atoms with E-state index in [2.05, 4.69) is 56.7 Å². The first-order chi connectivity index (χ1) is 6.71. The fraction of sp³-hybridized carbons (Fsp3) is 0.417. The van der Waals surface area contributed by atoms with Gasteiger partial charge in [-0.1, -0.05) is 12.1 Å². The maximum Gasteiger partial charge on any atom is 0.129 e. The molecule has 2 rings (SSSR count). The van der Waals surface area contributed by atoms with E-state index in [1.165, 1.54) is 11.4 Å². The lowest BCUT2D eigenvalue weighted by molar-refractivity contribution is 0.428. The molecule has 0 aromatic heterocycles. The van der Waals surface area contributed by atoms with Crippen molar-refractivity contribution in [3.05, 3.63) is 30.9 Å². The summed E-state index contributed by atoms with van der Waals surface area (Å²) in [5.74, 6) is 0. The van der Waals surface area contributed by atoms with E-state index in [1.807, 2.05) is 0 Å². The smallest absolute Gasteiger partial charge is 0.129 e. The summed E-state index contributed by atoms with van der Waals surface area (Å²) in [5.41, 5.74) is 2.77. The van der Waals surface area contributed by atoms with Crippen molar-refractivity contribution in [3.63, 3.8) is 0 Å². The van der Waals surface area contributed by atoms with Crippen LogP contribution in [0.5, 0.6) is 0 Å². The average Bonchev–Trinajstić information content (AvgIpc) is 2.54. The maximum absolute atomic E-state index is 2.33. The number of rotatable bonds is 2. The summed E-state index contributed by atoms with van der Waals surface area (Å²) in [6.07, 6.45) is 0. The fourth-order valence-electron chi connectivity index (χ4n) is 2.08. The van der Waals surface area contributed by atoms with Gasteiger partial charge in [0.2, 0.25) is 0 Å². The Morgan fingerprint density at radius 2 is 2.00 bits per heavy atom. The minimum absolute atomic E-state index is 0.921. The first-order valence-corrected chi connectivity index (χ1v) is 5.28. The monoisotopic (exact) mass is 190 g/mol. The van der Waals surface area contributed by atoms with Gasteiger partial charge in [0.25, 0.3) is 0 Å². The fourth-order valence-corrected chi connectivity index (χ4v) is 2.08. The molecule has 1 aromatic carbocycles. The summed E-state index contributed by atoms with van der Waals surface area (Å²) >= 11 is 0. The molecule has 0 saturated heterocycles. The molecule has 1 aliphatic heterocycles. The Balaban J connectivity index is 2.48. The highest BCUT2D eigenvalue weighted by Gasteiger charge is 2.28. The lowest BCUT2D eigenvalue weighted by Crippen LogP contribution is -2.42. The third-order valence-corrected chi connectivity index (χ3v) is 3.13.